The van der Waals surface area contributed by atoms with Crippen LogP contribution in [0.15, 0.2) is 23.6 Å². The zero-order chi connectivity index (χ0) is 18.4. The molecule has 3 atom stereocenters. The predicted molar refractivity (Wildman–Crippen MR) is 111 cm³/mol. The SMILES string of the molecule is O=C(N[C@@H]1C[C@H]2CC[C@@H]1N2)c1ccc2scc(C(=O)N3CCSCC3)c2c1. The van der Waals surface area contributed by atoms with Gasteiger partial charge in [-0.1, -0.05) is 0 Å². The summed E-state index contributed by atoms with van der Waals surface area (Å²) in [5.41, 5.74) is 1.38. The standard InChI is InChI=1S/C20H23N3O2S2/c24-19(22-17-10-13-2-3-16(17)21-13)12-1-4-18-14(9-12)15(11-27-18)20(25)23-5-7-26-8-6-23/h1,4,9,11,13,16-17,21H,2-3,5-8,10H2,(H,22,24)/t13-,16+,17-/m1/s1. The van der Waals surface area contributed by atoms with Crippen molar-refractivity contribution in [2.75, 3.05) is 24.6 Å². The molecule has 0 radical (unpaired) electrons. The van der Waals surface area contributed by atoms with Gasteiger partial charge >= 0.3 is 0 Å². The molecule has 3 aliphatic heterocycles. The van der Waals surface area contributed by atoms with Gasteiger partial charge < -0.3 is 15.5 Å². The first kappa shape index (κ1) is 17.5. The summed E-state index contributed by atoms with van der Waals surface area (Å²) in [5, 5.41) is 9.60. The van der Waals surface area contributed by atoms with Gasteiger partial charge in [-0.15, -0.1) is 11.3 Å². The molecule has 5 nitrogen and oxygen atoms in total. The number of rotatable bonds is 3. The summed E-state index contributed by atoms with van der Waals surface area (Å²) in [6.07, 6.45) is 3.39. The minimum Gasteiger partial charge on any atom is -0.348 e. The van der Waals surface area contributed by atoms with Gasteiger partial charge in [0.25, 0.3) is 11.8 Å². The second-order valence-electron chi connectivity index (χ2n) is 7.63. The topological polar surface area (TPSA) is 61.4 Å². The maximum atomic E-state index is 12.9. The molecule has 4 heterocycles. The molecule has 142 valence electrons. The fourth-order valence-electron chi connectivity index (χ4n) is 4.51. The Kier molecular flexibility index (Phi) is 4.61. The van der Waals surface area contributed by atoms with E-state index in [0.29, 0.717) is 17.6 Å². The molecule has 3 saturated heterocycles. The maximum absolute atomic E-state index is 12.9. The monoisotopic (exact) mass is 401 g/mol. The Balaban J connectivity index is 1.37. The summed E-state index contributed by atoms with van der Waals surface area (Å²) < 4.78 is 1.06. The van der Waals surface area contributed by atoms with Gasteiger partial charge in [-0.05, 0) is 37.5 Å². The van der Waals surface area contributed by atoms with Crippen LogP contribution in [0.3, 0.4) is 0 Å². The molecule has 1 aromatic heterocycles. The molecule has 27 heavy (non-hydrogen) atoms. The Morgan fingerprint density at radius 2 is 2.04 bits per heavy atom. The number of nitrogens with one attached hydrogen (secondary N) is 2. The molecule has 2 N–H and O–H groups in total. The molecule has 2 aromatic rings. The molecule has 0 aliphatic carbocycles. The van der Waals surface area contributed by atoms with Gasteiger partial charge in [0.2, 0.25) is 0 Å². The van der Waals surface area contributed by atoms with Crippen LogP contribution in [0.1, 0.15) is 40.0 Å². The lowest BCUT2D eigenvalue weighted by Crippen LogP contribution is -2.42. The number of fused-ring (bicyclic) bond motifs is 3. The Morgan fingerprint density at radius 3 is 2.78 bits per heavy atom. The molecule has 2 amide bonds. The van der Waals surface area contributed by atoms with Crippen LogP contribution in [0, 0.1) is 0 Å². The van der Waals surface area contributed by atoms with E-state index < -0.39 is 0 Å². The summed E-state index contributed by atoms with van der Waals surface area (Å²) in [6, 6.07) is 6.94. The maximum Gasteiger partial charge on any atom is 0.255 e. The van der Waals surface area contributed by atoms with Crippen LogP contribution in [0.25, 0.3) is 10.1 Å². The number of thiophene rings is 1. The van der Waals surface area contributed by atoms with Gasteiger partial charge in [-0.25, -0.2) is 0 Å². The summed E-state index contributed by atoms with van der Waals surface area (Å²) >= 11 is 3.47. The Hall–Kier alpha value is -1.57. The molecule has 5 rings (SSSR count). The Bertz CT molecular complexity index is 890. The van der Waals surface area contributed by atoms with Crippen LogP contribution < -0.4 is 10.6 Å². The number of benzene rings is 1. The van der Waals surface area contributed by atoms with Gasteiger partial charge in [0.15, 0.2) is 0 Å². The van der Waals surface area contributed by atoms with E-state index >= 15 is 0 Å². The number of carbonyl (C=O) groups is 2. The van der Waals surface area contributed by atoms with Crippen molar-refractivity contribution in [3.8, 4) is 0 Å². The highest BCUT2D eigenvalue weighted by molar-refractivity contribution is 7.99. The van der Waals surface area contributed by atoms with E-state index in [-0.39, 0.29) is 17.9 Å². The van der Waals surface area contributed by atoms with E-state index in [1.54, 1.807) is 11.3 Å². The van der Waals surface area contributed by atoms with Crippen LogP contribution in [0.4, 0.5) is 0 Å². The second-order valence-corrected chi connectivity index (χ2v) is 9.76. The van der Waals surface area contributed by atoms with Crippen LogP contribution in [0.5, 0.6) is 0 Å². The van der Waals surface area contributed by atoms with Crippen molar-refractivity contribution >= 4 is 45.0 Å². The van der Waals surface area contributed by atoms with E-state index in [4.69, 9.17) is 0 Å². The number of amides is 2. The highest BCUT2D eigenvalue weighted by atomic mass is 32.2. The van der Waals surface area contributed by atoms with Gasteiger partial charge in [-0.2, -0.15) is 11.8 Å². The molecule has 0 spiro atoms. The fraction of sp³-hybridized carbons (Fsp3) is 0.500. The zero-order valence-electron chi connectivity index (χ0n) is 15.1. The number of carbonyl (C=O) groups excluding carboxylic acids is 2. The summed E-state index contributed by atoms with van der Waals surface area (Å²) in [5.74, 6) is 2.06. The number of thioether (sulfide) groups is 1. The molecule has 2 bridgehead atoms. The van der Waals surface area contributed by atoms with E-state index in [2.05, 4.69) is 10.6 Å². The van der Waals surface area contributed by atoms with E-state index in [1.807, 2.05) is 40.2 Å². The van der Waals surface area contributed by atoms with Crippen molar-refractivity contribution in [1.29, 1.82) is 0 Å². The lowest BCUT2D eigenvalue weighted by atomic mass is 9.95. The summed E-state index contributed by atoms with van der Waals surface area (Å²) in [6.45, 7) is 1.61. The van der Waals surface area contributed by atoms with E-state index in [0.717, 1.165) is 53.1 Å². The average molecular weight is 402 g/mol. The van der Waals surface area contributed by atoms with Crippen molar-refractivity contribution in [1.82, 2.24) is 15.5 Å². The van der Waals surface area contributed by atoms with E-state index in [9.17, 15) is 9.59 Å². The molecule has 3 fully saturated rings. The molecular formula is C20H23N3O2S2. The number of hydrogen-bond donors (Lipinski definition) is 2. The highest BCUT2D eigenvalue weighted by Gasteiger charge is 2.39. The van der Waals surface area contributed by atoms with Gasteiger partial charge in [0.1, 0.15) is 0 Å². The third-order valence-corrected chi connectivity index (χ3v) is 7.89. The lowest BCUT2D eigenvalue weighted by molar-refractivity contribution is 0.0774. The molecule has 1 aromatic carbocycles. The van der Waals surface area contributed by atoms with Crippen LogP contribution in [-0.2, 0) is 0 Å². The summed E-state index contributed by atoms with van der Waals surface area (Å²) in [4.78, 5) is 27.7. The van der Waals surface area contributed by atoms with Crippen molar-refractivity contribution in [2.24, 2.45) is 0 Å². The van der Waals surface area contributed by atoms with Crippen molar-refractivity contribution in [3.05, 3.63) is 34.7 Å². The number of hydrogen-bond acceptors (Lipinski definition) is 5. The van der Waals surface area contributed by atoms with E-state index in [1.165, 1.54) is 6.42 Å². The fourth-order valence-corrected chi connectivity index (χ4v) is 6.33. The molecule has 3 aliphatic rings. The molecule has 7 heteroatoms. The summed E-state index contributed by atoms with van der Waals surface area (Å²) in [7, 11) is 0. The normalized spacial score (nSPS) is 27.3. The highest BCUT2D eigenvalue weighted by Crippen LogP contribution is 2.30. The van der Waals surface area contributed by atoms with Crippen LogP contribution in [-0.4, -0.2) is 59.4 Å². The largest absolute Gasteiger partial charge is 0.348 e. The first-order valence-corrected chi connectivity index (χ1v) is 11.7. The zero-order valence-corrected chi connectivity index (χ0v) is 16.7. The first-order chi connectivity index (χ1) is 13.2. The van der Waals surface area contributed by atoms with Crippen LogP contribution in [0.2, 0.25) is 0 Å². The smallest absolute Gasteiger partial charge is 0.255 e. The minimum atomic E-state index is -0.0322. The van der Waals surface area contributed by atoms with Gasteiger partial charge in [-0.3, -0.25) is 9.59 Å². The third-order valence-electron chi connectivity index (χ3n) is 5.98. The van der Waals surface area contributed by atoms with Crippen molar-refractivity contribution in [2.45, 2.75) is 37.4 Å². The van der Waals surface area contributed by atoms with Gasteiger partial charge in [0, 0.05) is 63.8 Å². The lowest BCUT2D eigenvalue weighted by Gasteiger charge is -2.26. The molecular weight excluding hydrogens is 378 g/mol. The first-order valence-electron chi connectivity index (χ1n) is 9.64. The molecule has 0 unspecified atom stereocenters. The number of nitrogens with zero attached hydrogens (tertiary/aromatic N) is 1. The second kappa shape index (κ2) is 7.11. The Morgan fingerprint density at radius 1 is 1.19 bits per heavy atom. The predicted octanol–water partition coefficient (Wildman–Crippen LogP) is 2.71. The van der Waals surface area contributed by atoms with Gasteiger partial charge in [0.05, 0.1) is 5.56 Å². The Labute approximate surface area is 166 Å². The quantitative estimate of drug-likeness (QED) is 0.830. The van der Waals surface area contributed by atoms with Crippen molar-refractivity contribution in [3.63, 3.8) is 0 Å². The minimum absolute atomic E-state index is 0.0322. The van der Waals surface area contributed by atoms with Crippen LogP contribution >= 0.6 is 23.1 Å². The third kappa shape index (κ3) is 3.26. The van der Waals surface area contributed by atoms with Crippen molar-refractivity contribution < 1.29 is 9.59 Å². The average Bonchev–Trinajstić information content (AvgIpc) is 3.43. The molecule has 0 saturated carbocycles.